The zero-order valence-electron chi connectivity index (χ0n) is 19.6. The van der Waals surface area contributed by atoms with Crippen LogP contribution in [0.1, 0.15) is 41.6 Å². The lowest BCUT2D eigenvalue weighted by molar-refractivity contribution is 0.0355. The first-order chi connectivity index (χ1) is 16.5. The number of nitrogens with zero attached hydrogens (tertiary/aromatic N) is 4. The van der Waals surface area contributed by atoms with E-state index in [-0.39, 0.29) is 10.8 Å². The van der Waals surface area contributed by atoms with Gasteiger partial charge < -0.3 is 9.64 Å². The summed E-state index contributed by atoms with van der Waals surface area (Å²) < 4.78 is 33.3. The number of pyridine rings is 1. The second kappa shape index (κ2) is 11.9. The Labute approximate surface area is 202 Å². The van der Waals surface area contributed by atoms with Crippen LogP contribution in [0.2, 0.25) is 0 Å². The van der Waals surface area contributed by atoms with Crippen molar-refractivity contribution in [3.05, 3.63) is 59.9 Å². The number of rotatable bonds is 9. The third-order valence-corrected chi connectivity index (χ3v) is 8.34. The molecule has 184 valence electrons. The number of ether oxygens (including phenoxy) is 1. The van der Waals surface area contributed by atoms with E-state index in [4.69, 9.17) is 4.74 Å². The molecule has 1 amide bonds. The van der Waals surface area contributed by atoms with E-state index in [0.29, 0.717) is 31.7 Å². The molecule has 0 N–H and O–H groups in total. The van der Waals surface area contributed by atoms with Gasteiger partial charge in [-0.3, -0.25) is 14.7 Å². The molecule has 2 fully saturated rings. The molecule has 34 heavy (non-hydrogen) atoms. The van der Waals surface area contributed by atoms with Crippen LogP contribution < -0.4 is 0 Å². The minimum atomic E-state index is -3.60. The topological polar surface area (TPSA) is 83.1 Å². The van der Waals surface area contributed by atoms with Crippen LogP contribution in [-0.2, 0) is 21.3 Å². The Morgan fingerprint density at radius 2 is 1.74 bits per heavy atom. The fourth-order valence-electron chi connectivity index (χ4n) is 4.50. The van der Waals surface area contributed by atoms with E-state index < -0.39 is 10.0 Å². The van der Waals surface area contributed by atoms with Crippen LogP contribution in [0.4, 0.5) is 0 Å². The molecule has 0 atom stereocenters. The van der Waals surface area contributed by atoms with E-state index in [2.05, 4.69) is 9.88 Å². The van der Waals surface area contributed by atoms with Gasteiger partial charge in [-0.25, -0.2) is 8.42 Å². The van der Waals surface area contributed by atoms with E-state index in [0.717, 1.165) is 64.1 Å². The Bertz CT molecular complexity index is 1040. The van der Waals surface area contributed by atoms with Gasteiger partial charge in [-0.15, -0.1) is 0 Å². The third kappa shape index (κ3) is 6.41. The molecule has 0 aliphatic carbocycles. The molecule has 0 unspecified atom stereocenters. The number of hydrogen-bond acceptors (Lipinski definition) is 6. The largest absolute Gasteiger partial charge is 0.379 e. The zero-order chi connectivity index (χ0) is 23.8. The highest BCUT2D eigenvalue weighted by Crippen LogP contribution is 2.22. The molecule has 0 spiro atoms. The Kier molecular flexibility index (Phi) is 8.66. The second-order valence-electron chi connectivity index (χ2n) is 8.88. The molecule has 8 nitrogen and oxygen atoms in total. The lowest BCUT2D eigenvalue weighted by Crippen LogP contribution is -2.39. The number of aromatic nitrogens is 1. The summed E-state index contributed by atoms with van der Waals surface area (Å²) in [5, 5.41) is 0. The van der Waals surface area contributed by atoms with E-state index in [9.17, 15) is 13.2 Å². The van der Waals surface area contributed by atoms with E-state index in [1.165, 1.54) is 10.4 Å². The van der Waals surface area contributed by atoms with Crippen molar-refractivity contribution in [2.45, 2.75) is 37.1 Å². The van der Waals surface area contributed by atoms with Crippen LogP contribution in [0, 0.1) is 0 Å². The first-order valence-corrected chi connectivity index (χ1v) is 13.6. The van der Waals surface area contributed by atoms with Crippen molar-refractivity contribution in [1.82, 2.24) is 19.1 Å². The molecule has 0 radical (unpaired) electrons. The molecular formula is C25H34N4O4S. The molecule has 1 aromatic heterocycles. The Morgan fingerprint density at radius 1 is 1.00 bits per heavy atom. The normalized spacial score (nSPS) is 18.0. The fraction of sp³-hybridized carbons (Fsp3) is 0.520. The van der Waals surface area contributed by atoms with Gasteiger partial charge in [-0.1, -0.05) is 12.5 Å². The SMILES string of the molecule is O=C(c1cccc(S(=O)(=O)N2CCCCC2)c1)N(CCCN1CCOCC1)Cc1ccncc1. The predicted molar refractivity (Wildman–Crippen MR) is 130 cm³/mol. The molecule has 2 aromatic rings. The molecule has 2 saturated heterocycles. The quantitative estimate of drug-likeness (QED) is 0.542. The highest BCUT2D eigenvalue weighted by Gasteiger charge is 2.27. The molecule has 0 bridgehead atoms. The average Bonchev–Trinajstić information content (AvgIpc) is 2.89. The fourth-order valence-corrected chi connectivity index (χ4v) is 6.06. The van der Waals surface area contributed by atoms with Gasteiger partial charge in [0, 0.05) is 63.8 Å². The maximum absolute atomic E-state index is 13.6. The number of morpholine rings is 1. The van der Waals surface area contributed by atoms with Gasteiger partial charge in [0.25, 0.3) is 5.91 Å². The molecule has 2 aliphatic heterocycles. The van der Waals surface area contributed by atoms with E-state index in [1.807, 2.05) is 17.0 Å². The van der Waals surface area contributed by atoms with Crippen LogP contribution in [0.5, 0.6) is 0 Å². The second-order valence-corrected chi connectivity index (χ2v) is 10.8. The van der Waals surface area contributed by atoms with Crippen LogP contribution in [0.3, 0.4) is 0 Å². The summed E-state index contributed by atoms with van der Waals surface area (Å²) in [6.45, 7) is 6.33. The van der Waals surface area contributed by atoms with Gasteiger partial charge in [0.05, 0.1) is 18.1 Å². The van der Waals surface area contributed by atoms with Crippen LogP contribution in [0.25, 0.3) is 0 Å². The van der Waals surface area contributed by atoms with Crippen molar-refractivity contribution >= 4 is 15.9 Å². The number of carbonyl (C=O) groups is 1. The Hall–Kier alpha value is -2.33. The lowest BCUT2D eigenvalue weighted by atomic mass is 10.1. The number of carbonyl (C=O) groups excluding carboxylic acids is 1. The number of hydrogen-bond donors (Lipinski definition) is 0. The Morgan fingerprint density at radius 3 is 2.47 bits per heavy atom. The molecule has 3 heterocycles. The number of amides is 1. The van der Waals surface area contributed by atoms with Gasteiger partial charge in [-0.05, 0) is 55.2 Å². The first-order valence-electron chi connectivity index (χ1n) is 12.1. The van der Waals surface area contributed by atoms with Crippen molar-refractivity contribution in [2.24, 2.45) is 0 Å². The predicted octanol–water partition coefficient (Wildman–Crippen LogP) is 2.62. The lowest BCUT2D eigenvalue weighted by Gasteiger charge is -2.29. The van der Waals surface area contributed by atoms with Crippen molar-refractivity contribution in [3.8, 4) is 0 Å². The highest BCUT2D eigenvalue weighted by atomic mass is 32.2. The summed E-state index contributed by atoms with van der Waals surface area (Å²) in [5.41, 5.74) is 1.39. The standard InChI is InChI=1S/C25H34N4O4S/c30-25(23-6-4-7-24(20-23)34(31,32)29-14-2-1-3-15-29)28(21-22-8-10-26-11-9-22)13-5-12-27-16-18-33-19-17-27/h4,6-11,20H,1-3,5,12-19,21H2. The van der Waals surface area contributed by atoms with Gasteiger partial charge in [0.1, 0.15) is 0 Å². The van der Waals surface area contributed by atoms with Crippen LogP contribution in [-0.4, -0.2) is 85.9 Å². The Balaban J connectivity index is 1.49. The van der Waals surface area contributed by atoms with Gasteiger partial charge in [0.15, 0.2) is 0 Å². The van der Waals surface area contributed by atoms with Crippen LogP contribution >= 0.6 is 0 Å². The summed E-state index contributed by atoms with van der Waals surface area (Å²) >= 11 is 0. The summed E-state index contributed by atoms with van der Waals surface area (Å²) in [5.74, 6) is -0.158. The van der Waals surface area contributed by atoms with E-state index >= 15 is 0 Å². The summed E-state index contributed by atoms with van der Waals surface area (Å²) in [4.78, 5) is 22.0. The molecule has 0 saturated carbocycles. The minimum absolute atomic E-state index is 0.158. The molecule has 2 aliphatic rings. The molecular weight excluding hydrogens is 452 g/mol. The maximum Gasteiger partial charge on any atom is 0.254 e. The van der Waals surface area contributed by atoms with Gasteiger partial charge >= 0.3 is 0 Å². The number of benzene rings is 1. The zero-order valence-corrected chi connectivity index (χ0v) is 20.5. The van der Waals surface area contributed by atoms with Crippen molar-refractivity contribution in [3.63, 3.8) is 0 Å². The van der Waals surface area contributed by atoms with E-state index in [1.54, 1.807) is 30.6 Å². The molecule has 4 rings (SSSR count). The number of sulfonamides is 1. The minimum Gasteiger partial charge on any atom is -0.379 e. The van der Waals surface area contributed by atoms with Gasteiger partial charge in [-0.2, -0.15) is 4.31 Å². The number of piperidine rings is 1. The maximum atomic E-state index is 13.6. The van der Waals surface area contributed by atoms with Crippen molar-refractivity contribution in [2.75, 3.05) is 52.5 Å². The van der Waals surface area contributed by atoms with Crippen molar-refractivity contribution < 1.29 is 17.9 Å². The summed E-state index contributed by atoms with van der Waals surface area (Å²) in [7, 11) is -3.60. The summed E-state index contributed by atoms with van der Waals surface area (Å²) in [6.07, 6.45) is 7.08. The smallest absolute Gasteiger partial charge is 0.254 e. The third-order valence-electron chi connectivity index (χ3n) is 6.45. The summed E-state index contributed by atoms with van der Waals surface area (Å²) in [6, 6.07) is 10.3. The first kappa shape index (κ1) is 24.8. The molecule has 1 aromatic carbocycles. The average molecular weight is 487 g/mol. The van der Waals surface area contributed by atoms with Crippen LogP contribution in [0.15, 0.2) is 53.7 Å². The highest BCUT2D eigenvalue weighted by molar-refractivity contribution is 7.89. The van der Waals surface area contributed by atoms with Crippen molar-refractivity contribution in [1.29, 1.82) is 0 Å². The monoisotopic (exact) mass is 486 g/mol. The molecule has 9 heteroatoms. The van der Waals surface area contributed by atoms with Gasteiger partial charge in [0.2, 0.25) is 10.0 Å².